The van der Waals surface area contributed by atoms with Crippen molar-refractivity contribution in [1.82, 2.24) is 10.2 Å². The van der Waals surface area contributed by atoms with E-state index in [-0.39, 0.29) is 0 Å². The highest BCUT2D eigenvalue weighted by Crippen LogP contribution is 2.28. The second-order valence-corrected chi connectivity index (χ2v) is 5.74. The van der Waals surface area contributed by atoms with E-state index in [1.807, 2.05) is 0 Å². The van der Waals surface area contributed by atoms with Gasteiger partial charge >= 0.3 is 0 Å². The van der Waals surface area contributed by atoms with Crippen molar-refractivity contribution in [2.75, 3.05) is 13.6 Å². The van der Waals surface area contributed by atoms with Crippen LogP contribution >= 0.6 is 0 Å². The Bertz CT molecular complexity index is 203. The Labute approximate surface area is 102 Å². The van der Waals surface area contributed by atoms with Gasteiger partial charge in [-0.15, -0.1) is 0 Å². The van der Waals surface area contributed by atoms with Crippen molar-refractivity contribution in [1.29, 1.82) is 0 Å². The molecular formula is C14H30N2. The number of nitrogens with one attached hydrogen (secondary N) is 1. The molecule has 1 aliphatic heterocycles. The van der Waals surface area contributed by atoms with E-state index < -0.39 is 0 Å². The highest BCUT2D eigenvalue weighted by molar-refractivity contribution is 4.91. The lowest BCUT2D eigenvalue weighted by Crippen LogP contribution is -2.56. The molecule has 2 nitrogen and oxygen atoms in total. The van der Waals surface area contributed by atoms with Crippen LogP contribution in [0.5, 0.6) is 0 Å². The molecule has 1 heterocycles. The number of likely N-dealkylation sites (tertiary alicyclic amines) is 1. The zero-order chi connectivity index (χ0) is 12.3. The van der Waals surface area contributed by atoms with Gasteiger partial charge in [0.15, 0.2) is 0 Å². The molecule has 1 fully saturated rings. The third-order valence-electron chi connectivity index (χ3n) is 4.60. The molecule has 0 aromatic rings. The molecule has 96 valence electrons. The summed E-state index contributed by atoms with van der Waals surface area (Å²) in [5.41, 5.74) is 0. The zero-order valence-corrected chi connectivity index (χ0v) is 12.0. The minimum Gasteiger partial charge on any atom is -0.317 e. The van der Waals surface area contributed by atoms with Crippen LogP contribution in [-0.2, 0) is 0 Å². The maximum absolute atomic E-state index is 3.46. The Morgan fingerprint density at radius 1 is 1.31 bits per heavy atom. The van der Waals surface area contributed by atoms with E-state index in [0.29, 0.717) is 12.1 Å². The van der Waals surface area contributed by atoms with Crippen LogP contribution in [0.15, 0.2) is 0 Å². The minimum atomic E-state index is 0.705. The molecule has 2 heteroatoms. The third-order valence-corrected chi connectivity index (χ3v) is 4.60. The Balaban J connectivity index is 2.69. The van der Waals surface area contributed by atoms with Crippen molar-refractivity contribution < 1.29 is 0 Å². The molecule has 0 amide bonds. The summed E-state index contributed by atoms with van der Waals surface area (Å²) >= 11 is 0. The van der Waals surface area contributed by atoms with Crippen LogP contribution in [0.1, 0.15) is 47.5 Å². The summed E-state index contributed by atoms with van der Waals surface area (Å²) in [6, 6.07) is 2.17. The molecule has 4 atom stereocenters. The number of piperidine rings is 1. The van der Waals surface area contributed by atoms with Crippen molar-refractivity contribution in [2.24, 2.45) is 11.8 Å². The molecule has 0 spiro atoms. The molecule has 0 aliphatic carbocycles. The van der Waals surface area contributed by atoms with Crippen LogP contribution in [0.25, 0.3) is 0 Å². The normalized spacial score (nSPS) is 34.3. The maximum Gasteiger partial charge on any atom is 0.0119 e. The lowest BCUT2D eigenvalue weighted by Gasteiger charge is -2.47. The number of nitrogens with zero attached hydrogens (tertiary/aromatic N) is 1. The molecule has 1 saturated heterocycles. The Morgan fingerprint density at radius 3 is 2.38 bits per heavy atom. The maximum atomic E-state index is 3.46. The third kappa shape index (κ3) is 2.78. The molecule has 1 N–H and O–H groups in total. The summed E-state index contributed by atoms with van der Waals surface area (Å²) < 4.78 is 0. The van der Waals surface area contributed by atoms with Gasteiger partial charge in [-0.25, -0.2) is 0 Å². The lowest BCUT2D eigenvalue weighted by molar-refractivity contribution is 0.0288. The van der Waals surface area contributed by atoms with Crippen LogP contribution in [-0.4, -0.2) is 36.6 Å². The first-order valence-electron chi connectivity index (χ1n) is 6.95. The summed E-state index contributed by atoms with van der Waals surface area (Å²) in [5.74, 6) is 1.53. The summed E-state index contributed by atoms with van der Waals surface area (Å²) in [6.07, 6.45) is 2.57. The number of hydrogen-bond donors (Lipinski definition) is 1. The zero-order valence-electron chi connectivity index (χ0n) is 12.0. The second kappa shape index (κ2) is 6.02. The first-order chi connectivity index (χ1) is 7.52. The topological polar surface area (TPSA) is 15.3 Å². The Hall–Kier alpha value is -0.0800. The van der Waals surface area contributed by atoms with Crippen LogP contribution in [0, 0.1) is 11.8 Å². The average molecular weight is 226 g/mol. The van der Waals surface area contributed by atoms with Crippen LogP contribution in [0.4, 0.5) is 0 Å². The van der Waals surface area contributed by atoms with Crippen LogP contribution in [0.3, 0.4) is 0 Å². The first-order valence-corrected chi connectivity index (χ1v) is 6.95. The molecule has 4 unspecified atom stereocenters. The van der Waals surface area contributed by atoms with Crippen molar-refractivity contribution in [2.45, 2.75) is 65.6 Å². The largest absolute Gasteiger partial charge is 0.317 e. The van der Waals surface area contributed by atoms with Crippen LogP contribution < -0.4 is 5.32 Å². The first kappa shape index (κ1) is 14.0. The van der Waals surface area contributed by atoms with Crippen LogP contribution in [0.2, 0.25) is 0 Å². The second-order valence-electron chi connectivity index (χ2n) is 5.74. The van der Waals surface area contributed by atoms with E-state index in [0.717, 1.165) is 17.9 Å². The van der Waals surface area contributed by atoms with Gasteiger partial charge in [0.2, 0.25) is 0 Å². The Morgan fingerprint density at radius 2 is 1.94 bits per heavy atom. The van der Waals surface area contributed by atoms with Gasteiger partial charge in [-0.2, -0.15) is 0 Å². The predicted octanol–water partition coefficient (Wildman–Crippen LogP) is 2.74. The van der Waals surface area contributed by atoms with E-state index in [1.54, 1.807) is 0 Å². The highest BCUT2D eigenvalue weighted by atomic mass is 15.2. The van der Waals surface area contributed by atoms with E-state index in [2.05, 4.69) is 51.9 Å². The van der Waals surface area contributed by atoms with E-state index in [4.69, 9.17) is 0 Å². The van der Waals surface area contributed by atoms with E-state index >= 15 is 0 Å². The van der Waals surface area contributed by atoms with Gasteiger partial charge in [0.1, 0.15) is 0 Å². The average Bonchev–Trinajstić information content (AvgIpc) is 2.25. The van der Waals surface area contributed by atoms with E-state index in [9.17, 15) is 0 Å². The standard InChI is InChI=1S/C14H30N2/c1-7-14(10(2)3)16-9-8-13(15-6)11(4)12(16)5/h10-15H,7-9H2,1-6H3. The van der Waals surface area contributed by atoms with Gasteiger partial charge in [0.05, 0.1) is 0 Å². The molecule has 0 radical (unpaired) electrons. The minimum absolute atomic E-state index is 0.705. The van der Waals surface area contributed by atoms with Gasteiger partial charge < -0.3 is 5.32 Å². The molecule has 1 aliphatic rings. The Kier molecular flexibility index (Phi) is 5.26. The van der Waals surface area contributed by atoms with Gasteiger partial charge in [-0.05, 0) is 38.6 Å². The van der Waals surface area contributed by atoms with Crippen molar-refractivity contribution in [3.8, 4) is 0 Å². The molecular weight excluding hydrogens is 196 g/mol. The van der Waals surface area contributed by atoms with Crippen molar-refractivity contribution in [3.63, 3.8) is 0 Å². The molecule has 16 heavy (non-hydrogen) atoms. The summed E-state index contributed by atoms with van der Waals surface area (Å²) in [4.78, 5) is 2.74. The fourth-order valence-electron chi connectivity index (χ4n) is 3.36. The van der Waals surface area contributed by atoms with Gasteiger partial charge in [-0.3, -0.25) is 4.90 Å². The van der Waals surface area contributed by atoms with Crippen molar-refractivity contribution in [3.05, 3.63) is 0 Å². The molecule has 0 bridgehead atoms. The number of rotatable bonds is 4. The van der Waals surface area contributed by atoms with Gasteiger partial charge in [-0.1, -0.05) is 27.7 Å². The highest BCUT2D eigenvalue weighted by Gasteiger charge is 2.35. The summed E-state index contributed by atoms with van der Waals surface area (Å²) in [5, 5.41) is 3.46. The van der Waals surface area contributed by atoms with Gasteiger partial charge in [0, 0.05) is 24.7 Å². The summed E-state index contributed by atoms with van der Waals surface area (Å²) in [6.45, 7) is 13.1. The molecule has 1 rings (SSSR count). The monoisotopic (exact) mass is 226 g/mol. The lowest BCUT2D eigenvalue weighted by atomic mass is 9.84. The molecule has 0 aromatic heterocycles. The van der Waals surface area contributed by atoms with E-state index in [1.165, 1.54) is 19.4 Å². The molecule has 0 saturated carbocycles. The number of hydrogen-bond acceptors (Lipinski definition) is 2. The SMILES string of the molecule is CCC(C(C)C)N1CCC(NC)C(C)C1C. The fraction of sp³-hybridized carbons (Fsp3) is 1.00. The fourth-order valence-corrected chi connectivity index (χ4v) is 3.36. The predicted molar refractivity (Wildman–Crippen MR) is 71.7 cm³/mol. The molecule has 0 aromatic carbocycles. The van der Waals surface area contributed by atoms with Gasteiger partial charge in [0.25, 0.3) is 0 Å². The smallest absolute Gasteiger partial charge is 0.0119 e. The quantitative estimate of drug-likeness (QED) is 0.793. The summed E-state index contributed by atoms with van der Waals surface area (Å²) in [7, 11) is 2.10. The van der Waals surface area contributed by atoms with Crippen molar-refractivity contribution >= 4 is 0 Å².